The summed E-state index contributed by atoms with van der Waals surface area (Å²) in [4.78, 5) is 45.9. The van der Waals surface area contributed by atoms with E-state index in [0.29, 0.717) is 0 Å². The molecule has 4 rings (SSSR count). The first kappa shape index (κ1) is 23.4. The molecule has 32 heavy (non-hydrogen) atoms. The number of anilines is 1. The highest BCUT2D eigenvalue weighted by Gasteiger charge is 2.58. The summed E-state index contributed by atoms with van der Waals surface area (Å²) in [5, 5.41) is 0. The number of nitrogens with one attached hydrogen (secondary N) is 1. The Morgan fingerprint density at radius 3 is 2.62 bits per heavy atom. The van der Waals surface area contributed by atoms with Gasteiger partial charge in [-0.05, 0) is 13.8 Å². The van der Waals surface area contributed by atoms with Gasteiger partial charge in [-0.2, -0.15) is 4.31 Å². The highest BCUT2D eigenvalue weighted by Crippen LogP contribution is 2.58. The Balaban J connectivity index is 1.65. The quantitative estimate of drug-likeness (QED) is 0.233. The summed E-state index contributed by atoms with van der Waals surface area (Å²) in [5.74, 6) is -1.16. The summed E-state index contributed by atoms with van der Waals surface area (Å²) in [6.45, 7) is 2.69. The van der Waals surface area contributed by atoms with E-state index >= 15 is 0 Å². The molecule has 16 nitrogen and oxygen atoms in total. The van der Waals surface area contributed by atoms with E-state index in [-0.39, 0.29) is 17.1 Å². The van der Waals surface area contributed by atoms with Crippen molar-refractivity contribution in [2.24, 2.45) is 7.05 Å². The van der Waals surface area contributed by atoms with Crippen molar-refractivity contribution in [2.45, 2.75) is 44.2 Å². The number of hydrogen-bond acceptors (Lipinski definition) is 10. The molecule has 0 amide bonds. The standard InChI is InChI=1S/C14H21N5O11P2/c1-14(2)28-8-6(4-26-32(24,25)30-31(21,22)23)27-12(9(8)29-14)19-5-18(3)7-10(19)16-13(15)17-11(7)20/h5-6,8-9,12H,4H2,1-3H3,(H5-,15,16,17,20,21,22,23,24,25)/p+1/t6-,8?,9?,12-/m1/s1. The second-order valence-corrected chi connectivity index (χ2v) is 10.6. The average molecular weight is 498 g/mol. The minimum atomic E-state index is -5.28. The molecule has 2 fully saturated rings. The lowest BCUT2D eigenvalue weighted by atomic mass is 10.1. The number of nitrogens with zero attached hydrogens (tertiary/aromatic N) is 3. The van der Waals surface area contributed by atoms with Crippen LogP contribution in [-0.2, 0) is 39.2 Å². The number of ether oxygens (including phenoxy) is 3. The molecule has 2 aromatic rings. The molecular weight excluding hydrogens is 476 g/mol. The summed E-state index contributed by atoms with van der Waals surface area (Å²) in [6, 6.07) is 0. The second kappa shape index (κ2) is 7.67. The lowest BCUT2D eigenvalue weighted by Gasteiger charge is -2.23. The van der Waals surface area contributed by atoms with Crippen LogP contribution in [0, 0.1) is 0 Å². The topological polar surface area (TPSA) is 222 Å². The zero-order valence-corrected chi connectivity index (χ0v) is 18.8. The fraction of sp³-hybridized carbons (Fsp3) is 0.643. The van der Waals surface area contributed by atoms with E-state index in [2.05, 4.69) is 14.3 Å². The lowest BCUT2D eigenvalue weighted by Crippen LogP contribution is -2.46. The zero-order chi connectivity index (χ0) is 23.6. The van der Waals surface area contributed by atoms with Crippen molar-refractivity contribution in [2.75, 3.05) is 12.3 Å². The number of nitrogen functional groups attached to an aromatic ring is 1. The van der Waals surface area contributed by atoms with Crippen LogP contribution in [0.25, 0.3) is 11.2 Å². The van der Waals surface area contributed by atoms with Crippen molar-refractivity contribution in [3.63, 3.8) is 0 Å². The molecule has 2 saturated heterocycles. The van der Waals surface area contributed by atoms with E-state index in [4.69, 9.17) is 34.3 Å². The van der Waals surface area contributed by atoms with Crippen molar-refractivity contribution in [3.8, 4) is 0 Å². The van der Waals surface area contributed by atoms with E-state index in [1.165, 1.54) is 9.13 Å². The van der Waals surface area contributed by atoms with Gasteiger partial charge in [-0.3, -0.25) is 18.9 Å². The minimum Gasteiger partial charge on any atom is -0.355 e. The number of rotatable bonds is 6. The predicted molar refractivity (Wildman–Crippen MR) is 103 cm³/mol. The highest BCUT2D eigenvalue weighted by atomic mass is 31.3. The van der Waals surface area contributed by atoms with Gasteiger partial charge >= 0.3 is 21.3 Å². The summed E-state index contributed by atoms with van der Waals surface area (Å²) < 4.78 is 51.9. The van der Waals surface area contributed by atoms with E-state index in [9.17, 15) is 18.8 Å². The molecule has 2 aliphatic rings. The number of imidazole rings is 1. The fourth-order valence-corrected chi connectivity index (χ4v) is 5.40. The average Bonchev–Trinajstić information content (AvgIpc) is 3.19. The van der Waals surface area contributed by atoms with Crippen molar-refractivity contribution in [3.05, 3.63) is 16.7 Å². The first-order valence-electron chi connectivity index (χ1n) is 9.17. The van der Waals surface area contributed by atoms with Gasteiger partial charge in [-0.15, -0.1) is 0 Å². The molecule has 6 N–H and O–H groups in total. The third-order valence-corrected chi connectivity index (χ3v) is 6.95. The van der Waals surface area contributed by atoms with Gasteiger partial charge in [0.05, 0.1) is 13.7 Å². The maximum absolute atomic E-state index is 12.3. The van der Waals surface area contributed by atoms with Crippen molar-refractivity contribution in [1.82, 2.24) is 14.5 Å². The largest absolute Gasteiger partial charge is 0.481 e. The Kier molecular flexibility index (Phi) is 5.62. The number of nitrogens with two attached hydrogens (primary N) is 1. The van der Waals surface area contributed by atoms with Gasteiger partial charge in [-0.25, -0.2) is 13.7 Å². The number of fused-ring (bicyclic) bond motifs is 2. The van der Waals surface area contributed by atoms with Crippen LogP contribution < -0.4 is 15.9 Å². The molecule has 0 aliphatic carbocycles. The highest BCUT2D eigenvalue weighted by molar-refractivity contribution is 7.60. The first-order valence-corrected chi connectivity index (χ1v) is 12.2. The third kappa shape index (κ3) is 4.52. The molecule has 2 aromatic heterocycles. The minimum absolute atomic E-state index is 0.114. The summed E-state index contributed by atoms with van der Waals surface area (Å²) in [7, 11) is -8.76. The zero-order valence-electron chi connectivity index (χ0n) is 17.0. The van der Waals surface area contributed by atoms with Crippen LogP contribution in [0.2, 0.25) is 0 Å². The van der Waals surface area contributed by atoms with Crippen LogP contribution in [0.4, 0.5) is 5.95 Å². The van der Waals surface area contributed by atoms with E-state index in [0.717, 1.165) is 0 Å². The molecule has 178 valence electrons. The number of phosphoric ester groups is 1. The van der Waals surface area contributed by atoms with Crippen LogP contribution >= 0.6 is 15.6 Å². The summed E-state index contributed by atoms with van der Waals surface area (Å²) >= 11 is 0. The monoisotopic (exact) mass is 498 g/mol. The second-order valence-electron chi connectivity index (χ2n) is 7.72. The van der Waals surface area contributed by atoms with Gasteiger partial charge < -0.3 is 34.6 Å². The number of hydrogen-bond donors (Lipinski definition) is 5. The summed E-state index contributed by atoms with van der Waals surface area (Å²) in [6.07, 6.45) is -1.92. The molecule has 0 bridgehead atoms. The Hall–Kier alpha value is -1.71. The molecule has 0 radical (unpaired) electrons. The molecule has 0 saturated carbocycles. The smallest absolute Gasteiger partial charge is 0.355 e. The lowest BCUT2D eigenvalue weighted by molar-refractivity contribution is -0.746. The molecular formula is C14H22N5O11P2+. The number of aryl methyl sites for hydroxylation is 1. The molecule has 3 unspecified atom stereocenters. The van der Waals surface area contributed by atoms with Crippen molar-refractivity contribution in [1.29, 1.82) is 0 Å². The van der Waals surface area contributed by atoms with Crippen molar-refractivity contribution < 1.29 is 51.4 Å². The van der Waals surface area contributed by atoms with Crippen LogP contribution in [0.3, 0.4) is 0 Å². The maximum atomic E-state index is 12.3. The van der Waals surface area contributed by atoms with Gasteiger partial charge in [-0.1, -0.05) is 4.98 Å². The van der Waals surface area contributed by atoms with Gasteiger partial charge in [0.2, 0.25) is 11.7 Å². The SMILES string of the molecule is Cn1c[n+]([C@@H]2O[C@H](COP(=O)(O)OP(=O)(O)O)C3OC(C)(C)OC32)c2nc(N)[nH]c(=O)c21. The van der Waals surface area contributed by atoms with Crippen LogP contribution in [0.1, 0.15) is 20.1 Å². The van der Waals surface area contributed by atoms with E-state index in [1.54, 1.807) is 27.2 Å². The van der Waals surface area contributed by atoms with Crippen molar-refractivity contribution >= 4 is 32.8 Å². The first-order chi connectivity index (χ1) is 14.7. The number of aromatic nitrogens is 4. The van der Waals surface area contributed by atoms with Crippen LogP contribution in [0.15, 0.2) is 11.1 Å². The van der Waals surface area contributed by atoms with E-state index in [1.807, 2.05) is 0 Å². The molecule has 2 aliphatic heterocycles. The van der Waals surface area contributed by atoms with Crippen LogP contribution in [0.5, 0.6) is 0 Å². The fourth-order valence-electron chi connectivity index (χ4n) is 3.80. The van der Waals surface area contributed by atoms with Gasteiger partial charge in [0, 0.05) is 0 Å². The Bertz CT molecular complexity index is 1210. The molecule has 18 heteroatoms. The third-order valence-electron chi connectivity index (χ3n) is 4.80. The summed E-state index contributed by atoms with van der Waals surface area (Å²) in [5.41, 5.74) is 5.63. The number of H-pyrrole nitrogens is 1. The number of aromatic amines is 1. The van der Waals surface area contributed by atoms with E-state index < -0.39 is 58.1 Å². The molecule has 0 spiro atoms. The molecule has 5 atom stereocenters. The normalized spacial score (nSPS) is 29.3. The van der Waals surface area contributed by atoms with Gasteiger partial charge in [0.1, 0.15) is 18.3 Å². The Morgan fingerprint density at radius 2 is 1.97 bits per heavy atom. The Labute approximate surface area is 179 Å². The molecule has 0 aromatic carbocycles. The van der Waals surface area contributed by atoms with Gasteiger partial charge in [0.25, 0.3) is 11.5 Å². The van der Waals surface area contributed by atoms with Crippen LogP contribution in [-0.4, -0.2) is 59.9 Å². The maximum Gasteiger partial charge on any atom is 0.481 e. The Morgan fingerprint density at radius 1 is 1.31 bits per heavy atom. The van der Waals surface area contributed by atoms with Gasteiger partial charge in [0.15, 0.2) is 12.1 Å². The molecule has 4 heterocycles. The number of phosphoric acid groups is 2. The predicted octanol–water partition coefficient (Wildman–Crippen LogP) is -1.22.